The molecule has 2 aromatic carbocycles. The molecular weight excluding hydrogens is 397 g/mol. The van der Waals surface area contributed by atoms with Gasteiger partial charge >= 0.3 is 6.03 Å². The lowest BCUT2D eigenvalue weighted by Crippen LogP contribution is -2.38. The number of hydrogen-bond donors (Lipinski definition) is 2. The van der Waals surface area contributed by atoms with E-state index in [4.69, 9.17) is 14.2 Å². The fourth-order valence-corrected chi connectivity index (χ4v) is 2.98. The van der Waals surface area contributed by atoms with E-state index >= 15 is 0 Å². The standard InChI is InChI=1S/C20H16FN3O6/c1-28-15-8-17-16(29-10-30-17)7-11(15)6-14-19(26)24(20(27)23-14)9-18(25)22-13-4-2-12(21)3-5-13/h2-8H,9-10H2,1H3,(H,22,25)(H,23,27). The molecule has 9 nitrogen and oxygen atoms in total. The Labute approximate surface area is 170 Å². The summed E-state index contributed by atoms with van der Waals surface area (Å²) in [5.74, 6) is -0.317. The van der Waals surface area contributed by atoms with Gasteiger partial charge in [-0.05, 0) is 36.4 Å². The van der Waals surface area contributed by atoms with E-state index in [9.17, 15) is 18.8 Å². The lowest BCUT2D eigenvalue weighted by Gasteiger charge is -2.12. The molecule has 4 rings (SSSR count). The van der Waals surface area contributed by atoms with Crippen molar-refractivity contribution >= 4 is 29.6 Å². The maximum Gasteiger partial charge on any atom is 0.329 e. The Balaban J connectivity index is 1.50. The van der Waals surface area contributed by atoms with Crippen molar-refractivity contribution in [3.05, 3.63) is 53.5 Å². The molecule has 1 fully saturated rings. The van der Waals surface area contributed by atoms with Crippen LogP contribution in [-0.2, 0) is 9.59 Å². The van der Waals surface area contributed by atoms with Crippen LogP contribution >= 0.6 is 0 Å². The summed E-state index contributed by atoms with van der Waals surface area (Å²) in [6, 6.07) is 7.61. The quantitative estimate of drug-likeness (QED) is 0.574. The third-order valence-corrected chi connectivity index (χ3v) is 4.42. The van der Waals surface area contributed by atoms with Gasteiger partial charge < -0.3 is 24.8 Å². The first-order chi connectivity index (χ1) is 14.4. The van der Waals surface area contributed by atoms with Crippen molar-refractivity contribution in [2.45, 2.75) is 0 Å². The molecule has 0 saturated carbocycles. The number of methoxy groups -OCH3 is 1. The van der Waals surface area contributed by atoms with Crippen molar-refractivity contribution in [2.75, 3.05) is 25.8 Å². The second kappa shape index (κ2) is 7.74. The molecular formula is C20H16FN3O6. The summed E-state index contributed by atoms with van der Waals surface area (Å²) in [4.78, 5) is 37.8. The highest BCUT2D eigenvalue weighted by Gasteiger charge is 2.35. The van der Waals surface area contributed by atoms with Crippen LogP contribution in [0.5, 0.6) is 17.2 Å². The molecule has 0 aromatic heterocycles. The first-order valence-corrected chi connectivity index (χ1v) is 8.82. The number of nitrogens with one attached hydrogen (secondary N) is 2. The van der Waals surface area contributed by atoms with Crippen molar-refractivity contribution < 1.29 is 33.0 Å². The SMILES string of the molecule is COc1cc2c(cc1C=C1NC(=O)N(CC(=O)Nc3ccc(F)cc3)C1=O)OCO2. The fraction of sp³-hybridized carbons (Fsp3) is 0.150. The molecule has 154 valence electrons. The van der Waals surface area contributed by atoms with E-state index in [0.717, 1.165) is 4.90 Å². The van der Waals surface area contributed by atoms with Crippen LogP contribution in [0.15, 0.2) is 42.1 Å². The number of fused-ring (bicyclic) bond motifs is 1. The van der Waals surface area contributed by atoms with Gasteiger partial charge in [0.2, 0.25) is 12.7 Å². The van der Waals surface area contributed by atoms with Crippen molar-refractivity contribution in [3.63, 3.8) is 0 Å². The maximum absolute atomic E-state index is 13.0. The second-order valence-electron chi connectivity index (χ2n) is 6.38. The van der Waals surface area contributed by atoms with Gasteiger partial charge in [-0.1, -0.05) is 0 Å². The monoisotopic (exact) mass is 413 g/mol. The topological polar surface area (TPSA) is 106 Å². The zero-order valence-electron chi connectivity index (χ0n) is 15.7. The fourth-order valence-electron chi connectivity index (χ4n) is 2.98. The summed E-state index contributed by atoms with van der Waals surface area (Å²) in [5, 5.41) is 4.94. The number of ether oxygens (including phenoxy) is 3. The van der Waals surface area contributed by atoms with E-state index in [-0.39, 0.29) is 12.5 Å². The minimum absolute atomic E-state index is 0.0215. The van der Waals surface area contributed by atoms with Gasteiger partial charge in [-0.25, -0.2) is 14.1 Å². The summed E-state index contributed by atoms with van der Waals surface area (Å²) < 4.78 is 28.9. The van der Waals surface area contributed by atoms with Crippen LogP contribution in [0.2, 0.25) is 0 Å². The van der Waals surface area contributed by atoms with Crippen LogP contribution < -0.4 is 24.8 Å². The molecule has 0 bridgehead atoms. The Morgan fingerprint density at radius 3 is 2.63 bits per heavy atom. The summed E-state index contributed by atoms with van der Waals surface area (Å²) in [5.41, 5.74) is 0.809. The van der Waals surface area contributed by atoms with Gasteiger partial charge in [0.1, 0.15) is 23.8 Å². The van der Waals surface area contributed by atoms with Gasteiger partial charge in [0.25, 0.3) is 5.91 Å². The van der Waals surface area contributed by atoms with Gasteiger partial charge in [-0.2, -0.15) is 0 Å². The van der Waals surface area contributed by atoms with E-state index < -0.39 is 30.2 Å². The van der Waals surface area contributed by atoms with Crippen molar-refractivity contribution in [3.8, 4) is 17.2 Å². The second-order valence-corrected chi connectivity index (χ2v) is 6.38. The Bertz CT molecular complexity index is 1070. The molecule has 10 heteroatoms. The molecule has 2 aliphatic heterocycles. The van der Waals surface area contributed by atoms with Crippen LogP contribution in [0.1, 0.15) is 5.56 Å². The third kappa shape index (κ3) is 3.75. The number of benzene rings is 2. The average molecular weight is 413 g/mol. The number of carbonyl (C=O) groups is 3. The molecule has 2 N–H and O–H groups in total. The van der Waals surface area contributed by atoms with E-state index in [0.29, 0.717) is 28.5 Å². The average Bonchev–Trinajstić information content (AvgIpc) is 3.28. The largest absolute Gasteiger partial charge is 0.496 e. The number of anilines is 1. The number of imide groups is 1. The molecule has 0 spiro atoms. The molecule has 30 heavy (non-hydrogen) atoms. The Morgan fingerprint density at radius 1 is 1.23 bits per heavy atom. The molecule has 0 atom stereocenters. The molecule has 0 unspecified atom stereocenters. The zero-order valence-corrected chi connectivity index (χ0v) is 15.7. The van der Waals surface area contributed by atoms with Crippen molar-refractivity contribution in [1.82, 2.24) is 10.2 Å². The molecule has 2 aromatic rings. The van der Waals surface area contributed by atoms with E-state index in [2.05, 4.69) is 10.6 Å². The lowest BCUT2D eigenvalue weighted by atomic mass is 10.1. The smallest absolute Gasteiger partial charge is 0.329 e. The van der Waals surface area contributed by atoms with Crippen LogP contribution in [-0.4, -0.2) is 43.2 Å². The first-order valence-electron chi connectivity index (χ1n) is 8.82. The summed E-state index contributed by atoms with van der Waals surface area (Å²) in [7, 11) is 1.46. The van der Waals surface area contributed by atoms with Gasteiger partial charge in [0.05, 0.1) is 7.11 Å². The zero-order chi connectivity index (χ0) is 21.3. The van der Waals surface area contributed by atoms with Gasteiger partial charge in [-0.15, -0.1) is 0 Å². The minimum Gasteiger partial charge on any atom is -0.496 e. The predicted molar refractivity (Wildman–Crippen MR) is 102 cm³/mol. The summed E-state index contributed by atoms with van der Waals surface area (Å²) >= 11 is 0. The highest BCUT2D eigenvalue weighted by Crippen LogP contribution is 2.39. The highest BCUT2D eigenvalue weighted by atomic mass is 19.1. The third-order valence-electron chi connectivity index (χ3n) is 4.42. The van der Waals surface area contributed by atoms with E-state index in [1.807, 2.05) is 0 Å². The molecule has 2 aliphatic rings. The van der Waals surface area contributed by atoms with Crippen LogP contribution in [0.25, 0.3) is 6.08 Å². The van der Waals surface area contributed by atoms with Gasteiger partial charge in [0.15, 0.2) is 11.5 Å². The number of carbonyl (C=O) groups excluding carboxylic acids is 3. The van der Waals surface area contributed by atoms with Gasteiger partial charge in [0, 0.05) is 17.3 Å². The summed E-state index contributed by atoms with van der Waals surface area (Å²) in [6.07, 6.45) is 1.43. The molecule has 4 amide bonds. The number of urea groups is 1. The first kappa shape index (κ1) is 19.2. The number of rotatable bonds is 5. The highest BCUT2D eigenvalue weighted by molar-refractivity contribution is 6.16. The van der Waals surface area contributed by atoms with Crippen LogP contribution in [0.4, 0.5) is 14.9 Å². The van der Waals surface area contributed by atoms with Gasteiger partial charge in [-0.3, -0.25) is 9.59 Å². The molecule has 1 saturated heterocycles. The van der Waals surface area contributed by atoms with Crippen LogP contribution in [0.3, 0.4) is 0 Å². The Kier molecular flexibility index (Phi) is 4.97. The van der Waals surface area contributed by atoms with E-state index in [1.165, 1.54) is 37.5 Å². The number of nitrogens with zero attached hydrogens (tertiary/aromatic N) is 1. The maximum atomic E-state index is 13.0. The van der Waals surface area contributed by atoms with E-state index in [1.54, 1.807) is 12.1 Å². The van der Waals surface area contributed by atoms with Crippen molar-refractivity contribution in [2.24, 2.45) is 0 Å². The molecule has 2 heterocycles. The minimum atomic E-state index is -0.736. The normalized spacial score (nSPS) is 16.1. The van der Waals surface area contributed by atoms with Crippen LogP contribution in [0, 0.1) is 5.82 Å². The lowest BCUT2D eigenvalue weighted by molar-refractivity contribution is -0.127. The number of hydrogen-bond acceptors (Lipinski definition) is 6. The Hall–Kier alpha value is -4.08. The van der Waals surface area contributed by atoms with Crippen molar-refractivity contribution in [1.29, 1.82) is 0 Å². The summed E-state index contributed by atoms with van der Waals surface area (Å²) in [6.45, 7) is -0.428. The molecule has 0 aliphatic carbocycles. The number of amides is 4. The predicted octanol–water partition coefficient (Wildman–Crippen LogP) is 2.09. The number of halogens is 1. The Morgan fingerprint density at radius 2 is 1.93 bits per heavy atom. The molecule has 0 radical (unpaired) electrons.